The normalized spacial score (nSPS) is 29.6. The molecule has 1 aromatic carbocycles. The minimum Gasteiger partial charge on any atom is -0.326 e. The number of nitrogens with zero attached hydrogens (tertiary/aromatic N) is 1. The third-order valence-electron chi connectivity index (χ3n) is 5.73. The lowest BCUT2D eigenvalue weighted by atomic mass is 9.77. The fourth-order valence-electron chi connectivity index (χ4n) is 3.97. The number of hydrogen-bond acceptors (Lipinski definition) is 2. The fraction of sp³-hybridized carbons (Fsp3) is 0.667. The minimum atomic E-state index is -4.27. The molecule has 128 valence electrons. The van der Waals surface area contributed by atoms with Crippen molar-refractivity contribution >= 4 is 0 Å². The van der Waals surface area contributed by atoms with E-state index in [9.17, 15) is 13.2 Å². The van der Waals surface area contributed by atoms with E-state index < -0.39 is 11.7 Å². The lowest BCUT2D eigenvalue weighted by Crippen LogP contribution is -2.54. The molecule has 0 spiro atoms. The van der Waals surface area contributed by atoms with Crippen LogP contribution in [0.25, 0.3) is 0 Å². The summed E-state index contributed by atoms with van der Waals surface area (Å²) in [6, 6.07) is 6.83. The Morgan fingerprint density at radius 2 is 1.87 bits per heavy atom. The molecule has 5 heteroatoms. The van der Waals surface area contributed by atoms with E-state index in [4.69, 9.17) is 5.73 Å². The predicted octanol–water partition coefficient (Wildman–Crippen LogP) is 4.15. The van der Waals surface area contributed by atoms with Crippen molar-refractivity contribution in [3.63, 3.8) is 0 Å². The zero-order valence-corrected chi connectivity index (χ0v) is 13.5. The smallest absolute Gasteiger partial charge is 0.326 e. The Kier molecular flexibility index (Phi) is 4.70. The lowest BCUT2D eigenvalue weighted by Gasteiger charge is -2.46. The molecule has 0 unspecified atom stereocenters. The van der Waals surface area contributed by atoms with Gasteiger partial charge in [-0.15, -0.1) is 0 Å². The van der Waals surface area contributed by atoms with E-state index in [1.165, 1.54) is 31.4 Å². The molecule has 0 aromatic heterocycles. The topological polar surface area (TPSA) is 29.3 Å². The van der Waals surface area contributed by atoms with Crippen molar-refractivity contribution in [1.82, 2.24) is 4.90 Å². The molecular formula is C18H25F3N2. The van der Waals surface area contributed by atoms with E-state index in [0.29, 0.717) is 6.04 Å². The van der Waals surface area contributed by atoms with Crippen LogP contribution in [0.3, 0.4) is 0 Å². The van der Waals surface area contributed by atoms with Gasteiger partial charge in [-0.1, -0.05) is 24.6 Å². The summed E-state index contributed by atoms with van der Waals surface area (Å²) in [5.74, 6) is 0.171. The number of likely N-dealkylation sites (N-methyl/N-ethyl adjacent to an activating group) is 1. The second kappa shape index (κ2) is 6.44. The number of rotatable bonds is 3. The van der Waals surface area contributed by atoms with Crippen molar-refractivity contribution in [2.24, 2.45) is 5.73 Å². The second-order valence-corrected chi connectivity index (χ2v) is 7.11. The van der Waals surface area contributed by atoms with Crippen LogP contribution in [0.2, 0.25) is 0 Å². The maximum Gasteiger partial charge on any atom is 0.416 e. The van der Waals surface area contributed by atoms with Gasteiger partial charge in [0, 0.05) is 18.1 Å². The molecule has 2 nitrogen and oxygen atoms in total. The first kappa shape index (κ1) is 16.8. The predicted molar refractivity (Wildman–Crippen MR) is 85.2 cm³/mol. The highest BCUT2D eigenvalue weighted by Gasteiger charge is 2.37. The number of hydrogen-bond donors (Lipinski definition) is 1. The van der Waals surface area contributed by atoms with Crippen molar-refractivity contribution in [3.8, 4) is 0 Å². The standard InChI is InChI=1S/C18H25F3N2/c1-23(15-6-3-7-15)17-11-13(8-9-16(17)22)12-4-2-5-14(10-12)18(19,20)21/h2,4-5,10,13,15-17H,3,6-9,11,22H2,1H3/t13-,16-,17-/m0/s1. The summed E-state index contributed by atoms with van der Waals surface area (Å²) in [5.41, 5.74) is 6.57. The average molecular weight is 326 g/mol. The van der Waals surface area contributed by atoms with Gasteiger partial charge < -0.3 is 5.73 Å². The molecular weight excluding hydrogens is 301 g/mol. The summed E-state index contributed by atoms with van der Waals surface area (Å²) < 4.78 is 38.8. The molecule has 0 bridgehead atoms. The highest BCUT2D eigenvalue weighted by atomic mass is 19.4. The molecule has 3 rings (SSSR count). The van der Waals surface area contributed by atoms with Crippen molar-refractivity contribution < 1.29 is 13.2 Å². The van der Waals surface area contributed by atoms with Gasteiger partial charge in [-0.3, -0.25) is 4.90 Å². The zero-order valence-electron chi connectivity index (χ0n) is 13.5. The summed E-state index contributed by atoms with van der Waals surface area (Å²) in [6.45, 7) is 0. The molecule has 2 fully saturated rings. The van der Waals surface area contributed by atoms with Gasteiger partial charge in [0.05, 0.1) is 5.56 Å². The third kappa shape index (κ3) is 3.56. The van der Waals surface area contributed by atoms with E-state index in [1.807, 2.05) is 6.07 Å². The Balaban J connectivity index is 1.75. The average Bonchev–Trinajstić information content (AvgIpc) is 2.45. The van der Waals surface area contributed by atoms with Gasteiger partial charge in [0.1, 0.15) is 0 Å². The van der Waals surface area contributed by atoms with Crippen molar-refractivity contribution in [3.05, 3.63) is 35.4 Å². The van der Waals surface area contributed by atoms with E-state index >= 15 is 0 Å². The van der Waals surface area contributed by atoms with E-state index in [0.717, 1.165) is 30.9 Å². The van der Waals surface area contributed by atoms with Gasteiger partial charge in [-0.2, -0.15) is 13.2 Å². The van der Waals surface area contributed by atoms with Gasteiger partial charge >= 0.3 is 6.18 Å². The van der Waals surface area contributed by atoms with Crippen molar-refractivity contribution in [2.75, 3.05) is 7.05 Å². The molecule has 0 aliphatic heterocycles. The van der Waals surface area contributed by atoms with Gasteiger partial charge in [0.2, 0.25) is 0 Å². The van der Waals surface area contributed by atoms with E-state index in [1.54, 1.807) is 0 Å². The summed E-state index contributed by atoms with van der Waals surface area (Å²) in [6.07, 6.45) is 2.04. The number of alkyl halides is 3. The van der Waals surface area contributed by atoms with Crippen LogP contribution in [0.15, 0.2) is 24.3 Å². The highest BCUT2D eigenvalue weighted by Crippen LogP contribution is 2.39. The van der Waals surface area contributed by atoms with Gasteiger partial charge in [0.15, 0.2) is 0 Å². The maximum atomic E-state index is 12.9. The Hall–Kier alpha value is -1.07. The van der Waals surface area contributed by atoms with Gasteiger partial charge in [0.25, 0.3) is 0 Å². The number of halogens is 3. The molecule has 2 N–H and O–H groups in total. The molecule has 23 heavy (non-hydrogen) atoms. The van der Waals surface area contributed by atoms with E-state index in [-0.39, 0.29) is 18.0 Å². The van der Waals surface area contributed by atoms with Crippen LogP contribution in [0.4, 0.5) is 13.2 Å². The molecule has 2 aliphatic rings. The molecule has 0 radical (unpaired) electrons. The molecule has 2 aliphatic carbocycles. The number of benzene rings is 1. The summed E-state index contributed by atoms with van der Waals surface area (Å²) in [4.78, 5) is 2.38. The highest BCUT2D eigenvalue weighted by molar-refractivity contribution is 5.29. The molecule has 0 heterocycles. The SMILES string of the molecule is CN(C1CCC1)[C@H]1C[C@@H](c2cccc(C(F)(F)F)c2)CC[C@@H]1N. The first-order valence-corrected chi connectivity index (χ1v) is 8.51. The van der Waals surface area contributed by atoms with Gasteiger partial charge in [-0.05, 0) is 56.7 Å². The maximum absolute atomic E-state index is 12.9. The van der Waals surface area contributed by atoms with E-state index in [2.05, 4.69) is 11.9 Å². The Labute approximate surface area is 135 Å². The van der Waals surface area contributed by atoms with Crippen LogP contribution in [0, 0.1) is 0 Å². The summed E-state index contributed by atoms with van der Waals surface area (Å²) >= 11 is 0. The molecule has 0 saturated heterocycles. The first-order valence-electron chi connectivity index (χ1n) is 8.51. The van der Waals surface area contributed by atoms with Gasteiger partial charge in [-0.25, -0.2) is 0 Å². The Morgan fingerprint density at radius 3 is 2.48 bits per heavy atom. The number of nitrogens with two attached hydrogens (primary N) is 1. The first-order chi connectivity index (χ1) is 10.9. The van der Waals surface area contributed by atoms with Crippen LogP contribution in [0.5, 0.6) is 0 Å². The third-order valence-corrected chi connectivity index (χ3v) is 5.73. The molecule has 1 aromatic rings. The fourth-order valence-corrected chi connectivity index (χ4v) is 3.97. The lowest BCUT2D eigenvalue weighted by molar-refractivity contribution is -0.137. The Bertz CT molecular complexity index is 539. The van der Waals surface area contributed by atoms with Crippen molar-refractivity contribution in [2.45, 2.75) is 68.7 Å². The van der Waals surface area contributed by atoms with Crippen LogP contribution in [-0.4, -0.2) is 30.1 Å². The van der Waals surface area contributed by atoms with Crippen molar-refractivity contribution in [1.29, 1.82) is 0 Å². The Morgan fingerprint density at radius 1 is 1.13 bits per heavy atom. The molecule has 2 saturated carbocycles. The monoisotopic (exact) mass is 326 g/mol. The minimum absolute atomic E-state index is 0.127. The quantitative estimate of drug-likeness (QED) is 0.904. The van der Waals surface area contributed by atoms with Crippen LogP contribution < -0.4 is 5.73 Å². The summed E-state index contributed by atoms with van der Waals surface area (Å²) in [7, 11) is 2.13. The summed E-state index contributed by atoms with van der Waals surface area (Å²) in [5, 5.41) is 0. The second-order valence-electron chi connectivity index (χ2n) is 7.11. The molecule has 0 amide bonds. The zero-order chi connectivity index (χ0) is 16.6. The van der Waals surface area contributed by atoms with Crippen LogP contribution in [-0.2, 0) is 6.18 Å². The van der Waals surface area contributed by atoms with Crippen LogP contribution >= 0.6 is 0 Å². The molecule has 3 atom stereocenters. The largest absolute Gasteiger partial charge is 0.416 e. The van der Waals surface area contributed by atoms with Crippen LogP contribution in [0.1, 0.15) is 55.6 Å².